The summed E-state index contributed by atoms with van der Waals surface area (Å²) in [5.41, 5.74) is 0. The third-order valence-corrected chi connectivity index (χ3v) is 4.56. The van der Waals surface area contributed by atoms with Crippen molar-refractivity contribution < 1.29 is 4.79 Å². The van der Waals surface area contributed by atoms with Crippen molar-refractivity contribution in [3.63, 3.8) is 0 Å². The predicted octanol–water partition coefficient (Wildman–Crippen LogP) is 2.46. The van der Waals surface area contributed by atoms with Crippen molar-refractivity contribution in [2.75, 3.05) is 6.54 Å². The van der Waals surface area contributed by atoms with Gasteiger partial charge in [-0.25, -0.2) is 0 Å². The van der Waals surface area contributed by atoms with Crippen LogP contribution in [-0.2, 0) is 4.79 Å². The van der Waals surface area contributed by atoms with E-state index in [1.54, 1.807) is 0 Å². The Morgan fingerprint density at radius 3 is 2.67 bits per heavy atom. The lowest BCUT2D eigenvalue weighted by Gasteiger charge is -2.30. The molecule has 1 saturated heterocycles. The summed E-state index contributed by atoms with van der Waals surface area (Å²) in [4.78, 5) is 12.3. The molecule has 2 N–H and O–H groups in total. The van der Waals surface area contributed by atoms with Crippen LogP contribution in [0.1, 0.15) is 58.8 Å². The molecule has 1 amide bonds. The lowest BCUT2D eigenvalue weighted by Crippen LogP contribution is -2.51. The average Bonchev–Trinajstić information content (AvgIpc) is 3.21. The highest BCUT2D eigenvalue weighted by Gasteiger charge is 2.29. The largest absolute Gasteiger partial charge is 0.352 e. The molecule has 1 heterocycles. The zero-order chi connectivity index (χ0) is 13.0. The number of hydrogen-bond donors (Lipinski definition) is 2. The van der Waals surface area contributed by atoms with Crippen molar-refractivity contribution in [1.82, 2.24) is 10.6 Å². The van der Waals surface area contributed by atoms with Gasteiger partial charge in [-0.05, 0) is 44.1 Å². The summed E-state index contributed by atoms with van der Waals surface area (Å²) >= 11 is 0. The van der Waals surface area contributed by atoms with Gasteiger partial charge in [0.1, 0.15) is 0 Å². The van der Waals surface area contributed by atoms with E-state index in [9.17, 15) is 4.79 Å². The van der Waals surface area contributed by atoms with E-state index in [2.05, 4.69) is 24.5 Å². The van der Waals surface area contributed by atoms with Crippen molar-refractivity contribution in [3.05, 3.63) is 0 Å². The fraction of sp³-hybridized carbons (Fsp3) is 0.933. The van der Waals surface area contributed by atoms with Crippen LogP contribution in [-0.4, -0.2) is 24.5 Å². The molecule has 2 aliphatic rings. The summed E-state index contributed by atoms with van der Waals surface area (Å²) in [7, 11) is 0. The van der Waals surface area contributed by atoms with Gasteiger partial charge < -0.3 is 10.6 Å². The second-order valence-electron chi connectivity index (χ2n) is 6.10. The summed E-state index contributed by atoms with van der Waals surface area (Å²) in [5.74, 6) is 1.85. The van der Waals surface area contributed by atoms with Crippen LogP contribution in [0.15, 0.2) is 0 Å². The molecule has 0 spiro atoms. The summed E-state index contributed by atoms with van der Waals surface area (Å²) in [6.07, 6.45) is 8.42. The van der Waals surface area contributed by atoms with Crippen molar-refractivity contribution in [2.45, 2.75) is 70.9 Å². The quantitative estimate of drug-likeness (QED) is 0.762. The third kappa shape index (κ3) is 3.98. The normalized spacial score (nSPS) is 29.9. The lowest BCUT2D eigenvalue weighted by atomic mass is 9.90. The second kappa shape index (κ2) is 6.55. The number of amides is 1. The molecule has 3 unspecified atom stereocenters. The van der Waals surface area contributed by atoms with Crippen LogP contribution in [0.25, 0.3) is 0 Å². The van der Waals surface area contributed by atoms with E-state index in [1.807, 2.05) is 0 Å². The standard InChI is InChI=1S/C15H28N2O/c1-3-11-7-8-16-14(10-11)15(18)17-13(4-2)9-12-5-6-12/h11-14,16H,3-10H2,1-2H3,(H,17,18). The van der Waals surface area contributed by atoms with Gasteiger partial charge in [0.15, 0.2) is 0 Å². The van der Waals surface area contributed by atoms with Gasteiger partial charge in [-0.3, -0.25) is 4.79 Å². The van der Waals surface area contributed by atoms with E-state index in [1.165, 1.54) is 32.1 Å². The SMILES string of the molecule is CCC1CCNC(C(=O)NC(CC)CC2CC2)C1. The summed E-state index contributed by atoms with van der Waals surface area (Å²) in [6, 6.07) is 0.450. The van der Waals surface area contributed by atoms with Crippen molar-refractivity contribution >= 4 is 5.91 Å². The molecule has 3 nitrogen and oxygen atoms in total. The van der Waals surface area contributed by atoms with E-state index < -0.39 is 0 Å². The number of piperidine rings is 1. The van der Waals surface area contributed by atoms with Crippen LogP contribution in [0.2, 0.25) is 0 Å². The molecule has 0 radical (unpaired) electrons. The highest BCUT2D eigenvalue weighted by atomic mass is 16.2. The van der Waals surface area contributed by atoms with Crippen LogP contribution in [0, 0.1) is 11.8 Å². The molecule has 2 fully saturated rings. The maximum absolute atomic E-state index is 12.3. The zero-order valence-electron chi connectivity index (χ0n) is 11.9. The number of nitrogens with one attached hydrogen (secondary N) is 2. The van der Waals surface area contributed by atoms with Crippen LogP contribution in [0.5, 0.6) is 0 Å². The second-order valence-corrected chi connectivity index (χ2v) is 6.10. The molecule has 0 aromatic heterocycles. The Morgan fingerprint density at radius 2 is 2.06 bits per heavy atom. The topological polar surface area (TPSA) is 41.1 Å². The monoisotopic (exact) mass is 252 g/mol. The van der Waals surface area contributed by atoms with Crippen LogP contribution < -0.4 is 10.6 Å². The van der Waals surface area contributed by atoms with Crippen molar-refractivity contribution in [3.8, 4) is 0 Å². The van der Waals surface area contributed by atoms with Crippen molar-refractivity contribution in [2.24, 2.45) is 11.8 Å². The minimum Gasteiger partial charge on any atom is -0.352 e. The van der Waals surface area contributed by atoms with Gasteiger partial charge in [0, 0.05) is 6.04 Å². The number of hydrogen-bond acceptors (Lipinski definition) is 2. The first-order chi connectivity index (χ1) is 8.72. The first-order valence-electron chi connectivity index (χ1n) is 7.76. The van der Waals surface area contributed by atoms with Crippen LogP contribution in [0.4, 0.5) is 0 Å². The molecule has 0 aromatic carbocycles. The molecular formula is C15H28N2O. The highest BCUT2D eigenvalue weighted by Crippen LogP contribution is 2.34. The molecule has 104 valence electrons. The fourth-order valence-corrected chi connectivity index (χ4v) is 2.95. The first-order valence-corrected chi connectivity index (χ1v) is 7.76. The smallest absolute Gasteiger partial charge is 0.237 e. The first kappa shape index (κ1) is 13.9. The Labute approximate surface area is 111 Å². The fourth-order valence-electron chi connectivity index (χ4n) is 2.95. The van der Waals surface area contributed by atoms with Gasteiger partial charge in [0.25, 0.3) is 0 Å². The van der Waals surface area contributed by atoms with E-state index in [0.29, 0.717) is 6.04 Å². The molecule has 1 saturated carbocycles. The Bertz CT molecular complexity index is 276. The average molecular weight is 252 g/mol. The van der Waals surface area contributed by atoms with Gasteiger partial charge in [-0.2, -0.15) is 0 Å². The number of rotatable bonds is 6. The van der Waals surface area contributed by atoms with Gasteiger partial charge in [-0.15, -0.1) is 0 Å². The molecular weight excluding hydrogens is 224 g/mol. The van der Waals surface area contributed by atoms with Crippen molar-refractivity contribution in [1.29, 1.82) is 0 Å². The summed E-state index contributed by atoms with van der Waals surface area (Å²) in [5, 5.41) is 6.62. The maximum atomic E-state index is 12.3. The number of carbonyl (C=O) groups is 1. The Morgan fingerprint density at radius 1 is 1.28 bits per heavy atom. The van der Waals surface area contributed by atoms with Gasteiger partial charge >= 0.3 is 0 Å². The summed E-state index contributed by atoms with van der Waals surface area (Å²) < 4.78 is 0. The van der Waals surface area contributed by atoms with Crippen LogP contribution in [0.3, 0.4) is 0 Å². The van der Waals surface area contributed by atoms with Crippen LogP contribution >= 0.6 is 0 Å². The molecule has 18 heavy (non-hydrogen) atoms. The molecule has 3 heteroatoms. The van der Waals surface area contributed by atoms with E-state index in [4.69, 9.17) is 0 Å². The molecule has 1 aliphatic carbocycles. The molecule has 0 bridgehead atoms. The molecule has 2 rings (SSSR count). The van der Waals surface area contributed by atoms with E-state index in [0.717, 1.165) is 31.2 Å². The number of carbonyl (C=O) groups excluding carboxylic acids is 1. The molecule has 3 atom stereocenters. The zero-order valence-corrected chi connectivity index (χ0v) is 11.9. The lowest BCUT2D eigenvalue weighted by molar-refractivity contribution is -0.124. The summed E-state index contributed by atoms with van der Waals surface area (Å²) in [6.45, 7) is 5.40. The molecule has 0 aromatic rings. The van der Waals surface area contributed by atoms with Gasteiger partial charge in [-0.1, -0.05) is 33.1 Å². The van der Waals surface area contributed by atoms with E-state index in [-0.39, 0.29) is 11.9 Å². The minimum atomic E-state index is 0.0527. The maximum Gasteiger partial charge on any atom is 0.237 e. The van der Waals surface area contributed by atoms with Gasteiger partial charge in [0.05, 0.1) is 6.04 Å². The Kier molecular flexibility index (Phi) is 5.04. The van der Waals surface area contributed by atoms with E-state index >= 15 is 0 Å². The minimum absolute atomic E-state index is 0.0527. The third-order valence-electron chi connectivity index (χ3n) is 4.56. The molecule has 1 aliphatic heterocycles. The van der Waals surface area contributed by atoms with Gasteiger partial charge in [0.2, 0.25) is 5.91 Å². The predicted molar refractivity (Wildman–Crippen MR) is 74.4 cm³/mol. The Balaban J connectivity index is 1.77. The highest BCUT2D eigenvalue weighted by molar-refractivity contribution is 5.82. The Hall–Kier alpha value is -0.570.